The van der Waals surface area contributed by atoms with Gasteiger partial charge in [-0.3, -0.25) is 0 Å². The van der Waals surface area contributed by atoms with Crippen LogP contribution in [0.3, 0.4) is 0 Å². The van der Waals surface area contributed by atoms with Gasteiger partial charge < -0.3 is 10.6 Å². The first kappa shape index (κ1) is 10.0. The summed E-state index contributed by atoms with van der Waals surface area (Å²) in [5.74, 6) is 0. The van der Waals surface area contributed by atoms with Gasteiger partial charge in [0.25, 0.3) is 0 Å². The van der Waals surface area contributed by atoms with Crippen LogP contribution in [0, 0.1) is 5.41 Å². The summed E-state index contributed by atoms with van der Waals surface area (Å²) in [6.07, 6.45) is 5.24. The summed E-state index contributed by atoms with van der Waals surface area (Å²) in [5.41, 5.74) is 6.30. The van der Waals surface area contributed by atoms with Crippen LogP contribution >= 0.6 is 0 Å². The van der Waals surface area contributed by atoms with Gasteiger partial charge in [-0.25, -0.2) is 0 Å². The average molecular weight is 170 g/mol. The molecule has 0 spiro atoms. The summed E-state index contributed by atoms with van der Waals surface area (Å²) in [7, 11) is 4.35. The lowest BCUT2D eigenvalue weighted by atomic mass is 9.92. The van der Waals surface area contributed by atoms with Crippen molar-refractivity contribution in [2.24, 2.45) is 11.1 Å². The van der Waals surface area contributed by atoms with Crippen molar-refractivity contribution in [3.8, 4) is 0 Å². The fraction of sp³-hybridized carbons (Fsp3) is 1.00. The molecule has 1 saturated carbocycles. The lowest BCUT2D eigenvalue weighted by Crippen LogP contribution is -2.40. The molecular formula is C10H22N2. The quantitative estimate of drug-likeness (QED) is 0.677. The molecule has 0 bridgehead atoms. The van der Waals surface area contributed by atoms with E-state index in [4.69, 9.17) is 5.73 Å². The minimum absolute atomic E-state index is 0.486. The first-order valence-corrected chi connectivity index (χ1v) is 5.03. The van der Waals surface area contributed by atoms with Crippen molar-refractivity contribution in [2.75, 3.05) is 20.6 Å². The highest BCUT2D eigenvalue weighted by Crippen LogP contribution is 2.50. The molecular weight excluding hydrogens is 148 g/mol. The highest BCUT2D eigenvalue weighted by Gasteiger charge is 2.48. The van der Waals surface area contributed by atoms with Crippen LogP contribution in [0.2, 0.25) is 0 Å². The van der Waals surface area contributed by atoms with E-state index in [1.807, 2.05) is 0 Å². The predicted octanol–water partition coefficient (Wildman–Crippen LogP) is 1.46. The molecule has 12 heavy (non-hydrogen) atoms. The van der Waals surface area contributed by atoms with Crippen molar-refractivity contribution in [2.45, 2.75) is 38.6 Å². The Morgan fingerprint density at radius 2 is 2.00 bits per heavy atom. The minimum Gasteiger partial charge on any atom is -0.330 e. The van der Waals surface area contributed by atoms with Crippen LogP contribution in [-0.2, 0) is 0 Å². The van der Waals surface area contributed by atoms with Gasteiger partial charge in [0.05, 0.1) is 0 Å². The Bertz CT molecular complexity index is 139. The van der Waals surface area contributed by atoms with Crippen LogP contribution < -0.4 is 5.73 Å². The molecule has 0 aliphatic heterocycles. The van der Waals surface area contributed by atoms with Gasteiger partial charge in [0, 0.05) is 6.04 Å². The molecule has 0 aromatic heterocycles. The molecule has 1 aliphatic rings. The number of nitrogens with two attached hydrogens (primary N) is 1. The monoisotopic (exact) mass is 170 g/mol. The van der Waals surface area contributed by atoms with Crippen LogP contribution in [0.15, 0.2) is 0 Å². The molecule has 0 aromatic carbocycles. The highest BCUT2D eigenvalue weighted by molar-refractivity contribution is 5.02. The Balaban J connectivity index is 2.53. The maximum Gasteiger partial charge on any atom is 0.0158 e. The molecule has 72 valence electrons. The third-order valence-corrected chi connectivity index (χ3v) is 3.19. The summed E-state index contributed by atoms with van der Waals surface area (Å²) in [5, 5.41) is 0. The zero-order valence-electron chi connectivity index (χ0n) is 8.64. The van der Waals surface area contributed by atoms with E-state index in [9.17, 15) is 0 Å². The topological polar surface area (TPSA) is 29.3 Å². The van der Waals surface area contributed by atoms with Gasteiger partial charge in [-0.1, -0.05) is 13.3 Å². The second-order valence-corrected chi connectivity index (χ2v) is 4.33. The number of hydrogen-bond donors (Lipinski definition) is 1. The van der Waals surface area contributed by atoms with E-state index in [1.165, 1.54) is 25.7 Å². The summed E-state index contributed by atoms with van der Waals surface area (Å²) in [4.78, 5) is 2.35. The first-order valence-electron chi connectivity index (χ1n) is 5.03. The lowest BCUT2D eigenvalue weighted by molar-refractivity contribution is 0.183. The average Bonchev–Trinajstić information content (AvgIpc) is 2.80. The van der Waals surface area contributed by atoms with Crippen molar-refractivity contribution >= 4 is 0 Å². The molecule has 1 unspecified atom stereocenters. The van der Waals surface area contributed by atoms with Crippen molar-refractivity contribution in [1.29, 1.82) is 0 Å². The van der Waals surface area contributed by atoms with Gasteiger partial charge in [-0.2, -0.15) is 0 Å². The third kappa shape index (κ3) is 1.80. The zero-order chi connectivity index (χ0) is 9.19. The first-order chi connectivity index (χ1) is 5.66. The van der Waals surface area contributed by atoms with E-state index in [0.717, 1.165) is 6.54 Å². The normalized spacial score (nSPS) is 22.8. The van der Waals surface area contributed by atoms with Gasteiger partial charge in [-0.15, -0.1) is 0 Å². The van der Waals surface area contributed by atoms with Gasteiger partial charge in [0.1, 0.15) is 0 Å². The van der Waals surface area contributed by atoms with Crippen molar-refractivity contribution in [3.05, 3.63) is 0 Å². The zero-order valence-corrected chi connectivity index (χ0v) is 8.64. The molecule has 1 rings (SSSR count). The number of rotatable bonds is 5. The maximum atomic E-state index is 5.81. The van der Waals surface area contributed by atoms with E-state index in [-0.39, 0.29) is 0 Å². The van der Waals surface area contributed by atoms with Gasteiger partial charge in [-0.05, 0) is 45.3 Å². The van der Waals surface area contributed by atoms with E-state index in [2.05, 4.69) is 25.9 Å². The van der Waals surface area contributed by atoms with E-state index < -0.39 is 0 Å². The summed E-state index contributed by atoms with van der Waals surface area (Å²) < 4.78 is 0. The fourth-order valence-corrected chi connectivity index (χ4v) is 2.22. The fourth-order valence-electron chi connectivity index (χ4n) is 2.22. The molecule has 2 nitrogen and oxygen atoms in total. The molecule has 0 aromatic rings. The highest BCUT2D eigenvalue weighted by atomic mass is 15.1. The standard InChI is InChI=1S/C10H22N2/c1-4-5-9(12(2)3)10(8-11)6-7-10/h9H,4-8,11H2,1-3H3. The van der Waals surface area contributed by atoms with Gasteiger partial charge in [0.15, 0.2) is 0 Å². The molecule has 0 radical (unpaired) electrons. The van der Waals surface area contributed by atoms with Crippen LogP contribution in [0.25, 0.3) is 0 Å². The van der Waals surface area contributed by atoms with Gasteiger partial charge in [0.2, 0.25) is 0 Å². The molecule has 1 atom stereocenters. The largest absolute Gasteiger partial charge is 0.330 e. The van der Waals surface area contributed by atoms with E-state index in [0.29, 0.717) is 11.5 Å². The Morgan fingerprint density at radius 3 is 2.25 bits per heavy atom. The Hall–Kier alpha value is -0.0800. The summed E-state index contributed by atoms with van der Waals surface area (Å²) in [6.45, 7) is 3.12. The molecule has 0 amide bonds. The molecule has 2 N–H and O–H groups in total. The minimum atomic E-state index is 0.486. The Kier molecular flexibility index (Phi) is 3.13. The molecule has 1 fully saturated rings. The predicted molar refractivity (Wildman–Crippen MR) is 53.1 cm³/mol. The second-order valence-electron chi connectivity index (χ2n) is 4.33. The van der Waals surface area contributed by atoms with Crippen molar-refractivity contribution in [3.63, 3.8) is 0 Å². The van der Waals surface area contributed by atoms with Crippen LogP contribution in [0.5, 0.6) is 0 Å². The number of nitrogens with zero attached hydrogens (tertiary/aromatic N) is 1. The van der Waals surface area contributed by atoms with Crippen LogP contribution in [0.4, 0.5) is 0 Å². The van der Waals surface area contributed by atoms with Gasteiger partial charge >= 0.3 is 0 Å². The smallest absolute Gasteiger partial charge is 0.0158 e. The third-order valence-electron chi connectivity index (χ3n) is 3.19. The van der Waals surface area contributed by atoms with Crippen molar-refractivity contribution < 1.29 is 0 Å². The van der Waals surface area contributed by atoms with Crippen molar-refractivity contribution in [1.82, 2.24) is 4.90 Å². The van der Waals surface area contributed by atoms with Crippen LogP contribution in [0.1, 0.15) is 32.6 Å². The van der Waals surface area contributed by atoms with E-state index in [1.54, 1.807) is 0 Å². The SMILES string of the molecule is CCCC(N(C)C)C1(CN)CC1. The lowest BCUT2D eigenvalue weighted by Gasteiger charge is -2.31. The molecule has 0 heterocycles. The summed E-state index contributed by atoms with van der Waals surface area (Å²) in [6, 6.07) is 0.715. The molecule has 1 aliphatic carbocycles. The maximum absolute atomic E-state index is 5.81. The van der Waals surface area contributed by atoms with Crippen LogP contribution in [-0.4, -0.2) is 31.6 Å². The Morgan fingerprint density at radius 1 is 1.42 bits per heavy atom. The molecule has 0 saturated heterocycles. The summed E-state index contributed by atoms with van der Waals surface area (Å²) >= 11 is 0. The number of hydrogen-bond acceptors (Lipinski definition) is 2. The molecule has 2 heteroatoms. The Labute approximate surface area is 76.1 Å². The second kappa shape index (κ2) is 3.75. The van der Waals surface area contributed by atoms with E-state index >= 15 is 0 Å².